The molecule has 3 aliphatic rings. The molecular formula is C18H28N4O3S. The summed E-state index contributed by atoms with van der Waals surface area (Å²) in [5, 5.41) is 0. The Morgan fingerprint density at radius 3 is 3.00 bits per heavy atom. The van der Waals surface area contributed by atoms with Crippen LogP contribution in [0.5, 0.6) is 0 Å². The van der Waals surface area contributed by atoms with Crippen molar-refractivity contribution >= 4 is 15.8 Å². The number of sulfonamides is 1. The minimum Gasteiger partial charge on any atom is -0.369 e. The Hall–Kier alpha value is -1.25. The lowest BCUT2D eigenvalue weighted by Gasteiger charge is -2.29. The number of aryl methyl sites for hydroxylation is 2. The van der Waals surface area contributed by atoms with Gasteiger partial charge in [-0.15, -0.1) is 0 Å². The third kappa shape index (κ3) is 3.01. The van der Waals surface area contributed by atoms with E-state index in [1.807, 2.05) is 20.8 Å². The first-order valence-corrected chi connectivity index (χ1v) is 11.2. The lowest BCUT2D eigenvalue weighted by molar-refractivity contribution is 0.0142. The highest BCUT2D eigenvalue weighted by Gasteiger charge is 2.63. The van der Waals surface area contributed by atoms with Crippen LogP contribution >= 0.6 is 0 Å². The van der Waals surface area contributed by atoms with Crippen molar-refractivity contribution in [1.29, 1.82) is 0 Å². The molecule has 3 fully saturated rings. The first kappa shape index (κ1) is 18.1. The molecule has 4 atom stereocenters. The largest absolute Gasteiger partial charge is 0.369 e. The quantitative estimate of drug-likeness (QED) is 0.803. The molecule has 0 radical (unpaired) electrons. The highest BCUT2D eigenvalue weighted by molar-refractivity contribution is 7.89. The van der Waals surface area contributed by atoms with Gasteiger partial charge in [0.2, 0.25) is 10.0 Å². The lowest BCUT2D eigenvalue weighted by atomic mass is 9.74. The zero-order valence-corrected chi connectivity index (χ0v) is 16.6. The molecule has 144 valence electrons. The molecule has 1 aromatic rings. The highest BCUT2D eigenvalue weighted by Crippen LogP contribution is 2.55. The number of hydrogen-bond donors (Lipinski definition) is 1. The van der Waals surface area contributed by atoms with E-state index < -0.39 is 10.0 Å². The van der Waals surface area contributed by atoms with Gasteiger partial charge in [-0.1, -0.05) is 6.92 Å². The normalized spacial score (nSPS) is 33.0. The van der Waals surface area contributed by atoms with Crippen LogP contribution in [0.25, 0.3) is 0 Å². The molecule has 1 N–H and O–H groups in total. The zero-order chi connectivity index (χ0) is 18.5. The van der Waals surface area contributed by atoms with Crippen LogP contribution in [0.1, 0.15) is 37.6 Å². The van der Waals surface area contributed by atoms with Crippen molar-refractivity contribution in [2.24, 2.45) is 11.8 Å². The number of rotatable bonds is 6. The summed E-state index contributed by atoms with van der Waals surface area (Å²) in [7, 11) is -3.19. The van der Waals surface area contributed by atoms with E-state index in [1.165, 1.54) is 0 Å². The van der Waals surface area contributed by atoms with Crippen LogP contribution in [-0.2, 0) is 14.8 Å². The molecule has 1 spiro atoms. The Labute approximate surface area is 155 Å². The minimum absolute atomic E-state index is 0.149. The van der Waals surface area contributed by atoms with E-state index in [0.717, 1.165) is 43.1 Å². The average molecular weight is 381 g/mol. The minimum atomic E-state index is -3.19. The maximum Gasteiger partial charge on any atom is 0.211 e. The van der Waals surface area contributed by atoms with E-state index in [1.54, 1.807) is 6.20 Å². The van der Waals surface area contributed by atoms with Gasteiger partial charge in [0.25, 0.3) is 0 Å². The predicted molar refractivity (Wildman–Crippen MR) is 99.6 cm³/mol. The average Bonchev–Trinajstić information content (AvgIpc) is 3.23. The summed E-state index contributed by atoms with van der Waals surface area (Å²) >= 11 is 0. The molecule has 3 saturated heterocycles. The molecule has 26 heavy (non-hydrogen) atoms. The van der Waals surface area contributed by atoms with E-state index in [9.17, 15) is 8.42 Å². The van der Waals surface area contributed by atoms with Crippen LogP contribution in [0.3, 0.4) is 0 Å². The summed E-state index contributed by atoms with van der Waals surface area (Å²) in [6.07, 6.45) is 4.67. The Kier molecular flexibility index (Phi) is 4.48. The number of aromatic nitrogens is 2. The van der Waals surface area contributed by atoms with Gasteiger partial charge < -0.3 is 9.64 Å². The summed E-state index contributed by atoms with van der Waals surface area (Å²) in [6, 6.07) is 0. The maximum atomic E-state index is 12.1. The van der Waals surface area contributed by atoms with Gasteiger partial charge >= 0.3 is 0 Å². The molecule has 2 bridgehead atoms. The van der Waals surface area contributed by atoms with Crippen molar-refractivity contribution in [3.63, 3.8) is 0 Å². The number of fused-ring (bicyclic) bond motifs is 1. The molecule has 4 rings (SSSR count). The summed E-state index contributed by atoms with van der Waals surface area (Å²) in [5.74, 6) is 1.70. The van der Waals surface area contributed by atoms with Gasteiger partial charge in [-0.25, -0.2) is 18.1 Å². The van der Waals surface area contributed by atoms with Gasteiger partial charge in [-0.3, -0.25) is 4.98 Å². The lowest BCUT2D eigenvalue weighted by Crippen LogP contribution is -2.42. The molecule has 1 aromatic heterocycles. The van der Waals surface area contributed by atoms with Crippen LogP contribution in [0.4, 0.5) is 5.82 Å². The highest BCUT2D eigenvalue weighted by atomic mass is 32.2. The number of nitrogens with zero attached hydrogens (tertiary/aromatic N) is 3. The van der Waals surface area contributed by atoms with Gasteiger partial charge in [0, 0.05) is 37.7 Å². The van der Waals surface area contributed by atoms with Crippen molar-refractivity contribution in [2.75, 3.05) is 30.3 Å². The first-order chi connectivity index (χ1) is 12.3. The number of hydrogen-bond acceptors (Lipinski definition) is 6. The Balaban J connectivity index is 1.52. The second-order valence-electron chi connectivity index (χ2n) is 8.00. The second-order valence-corrected chi connectivity index (χ2v) is 9.92. The van der Waals surface area contributed by atoms with Gasteiger partial charge in [0.1, 0.15) is 5.82 Å². The molecule has 0 aromatic carbocycles. The third-order valence-corrected chi connectivity index (χ3v) is 7.70. The van der Waals surface area contributed by atoms with Crippen LogP contribution < -0.4 is 9.62 Å². The van der Waals surface area contributed by atoms with Gasteiger partial charge in [0.15, 0.2) is 0 Å². The van der Waals surface area contributed by atoms with Crippen LogP contribution in [0.2, 0.25) is 0 Å². The van der Waals surface area contributed by atoms with Crippen molar-refractivity contribution in [2.45, 2.75) is 51.7 Å². The smallest absolute Gasteiger partial charge is 0.211 e. The number of nitrogens with one attached hydrogen (secondary N) is 1. The van der Waals surface area contributed by atoms with Crippen LogP contribution in [0.15, 0.2) is 6.20 Å². The Morgan fingerprint density at radius 2 is 2.23 bits per heavy atom. The van der Waals surface area contributed by atoms with Gasteiger partial charge in [-0.2, -0.15) is 0 Å². The van der Waals surface area contributed by atoms with Crippen molar-refractivity contribution < 1.29 is 13.2 Å². The maximum absolute atomic E-state index is 12.1. The number of ether oxygens (including phenoxy) is 1. The summed E-state index contributed by atoms with van der Waals surface area (Å²) < 4.78 is 33.4. The molecule has 0 amide bonds. The fourth-order valence-electron chi connectivity index (χ4n) is 5.01. The van der Waals surface area contributed by atoms with Gasteiger partial charge in [0.05, 0.1) is 28.8 Å². The molecule has 4 heterocycles. The third-order valence-electron chi connectivity index (χ3n) is 6.15. The fraction of sp³-hybridized carbons (Fsp3) is 0.778. The predicted octanol–water partition coefficient (Wildman–Crippen LogP) is 1.41. The first-order valence-electron chi connectivity index (χ1n) is 9.54. The topological polar surface area (TPSA) is 84.4 Å². The standard InChI is InChI=1S/C18H28N4O3S/c1-4-7-26(23,24)20-9-14-15-10-22(11-18(15)6-5-16(14)25-18)17-13(3)19-8-12(2)21-17/h8,14-16,20H,4-7,9-11H2,1-3H3/t14-,15+,16+,18+/m0/s1. The van der Waals surface area contributed by atoms with Crippen LogP contribution in [-0.4, -0.2) is 55.5 Å². The van der Waals surface area contributed by atoms with Gasteiger partial charge in [-0.05, 0) is 33.1 Å². The Morgan fingerprint density at radius 1 is 1.42 bits per heavy atom. The summed E-state index contributed by atoms with van der Waals surface area (Å²) in [6.45, 7) is 7.99. The molecule has 3 aliphatic heterocycles. The second kappa shape index (κ2) is 6.42. The van der Waals surface area contributed by atoms with E-state index in [4.69, 9.17) is 9.72 Å². The van der Waals surface area contributed by atoms with Crippen molar-refractivity contribution in [3.8, 4) is 0 Å². The molecule has 7 nitrogen and oxygen atoms in total. The molecule has 8 heteroatoms. The van der Waals surface area contributed by atoms with Crippen molar-refractivity contribution in [1.82, 2.24) is 14.7 Å². The monoisotopic (exact) mass is 380 g/mol. The molecule has 0 unspecified atom stereocenters. The fourth-order valence-corrected chi connectivity index (χ4v) is 6.14. The van der Waals surface area contributed by atoms with E-state index >= 15 is 0 Å². The van der Waals surface area contributed by atoms with E-state index in [2.05, 4.69) is 14.6 Å². The molecular weight excluding hydrogens is 352 g/mol. The number of anilines is 1. The zero-order valence-electron chi connectivity index (χ0n) is 15.7. The molecule has 0 aliphatic carbocycles. The summed E-state index contributed by atoms with van der Waals surface area (Å²) in [5.41, 5.74) is 1.69. The summed E-state index contributed by atoms with van der Waals surface area (Å²) in [4.78, 5) is 11.4. The SMILES string of the molecule is CCCS(=O)(=O)NC[C@H]1[C@H]2CN(c3nc(C)cnc3C)C[C@]23CC[C@H]1O3. The van der Waals surface area contributed by atoms with E-state index in [-0.39, 0.29) is 23.4 Å². The van der Waals surface area contributed by atoms with E-state index in [0.29, 0.717) is 18.9 Å². The molecule has 0 saturated carbocycles. The van der Waals surface area contributed by atoms with Crippen LogP contribution in [0, 0.1) is 25.7 Å². The van der Waals surface area contributed by atoms with Crippen molar-refractivity contribution in [3.05, 3.63) is 17.6 Å². The Bertz CT molecular complexity index is 800.